The average Bonchev–Trinajstić information content (AvgIpc) is 3.21. The van der Waals surface area contributed by atoms with Crippen molar-refractivity contribution in [1.82, 2.24) is 14.9 Å². The molecule has 0 radical (unpaired) electrons. The summed E-state index contributed by atoms with van der Waals surface area (Å²) in [6.07, 6.45) is 3.98. The van der Waals surface area contributed by atoms with Gasteiger partial charge in [-0.2, -0.15) is 4.98 Å². The number of hydrogen-bond donors (Lipinski definition) is 2. The van der Waals surface area contributed by atoms with Crippen LogP contribution in [0.5, 0.6) is 0 Å². The number of piperidine rings is 1. The number of aliphatic carboxylic acids is 1. The second kappa shape index (κ2) is 10.4. The van der Waals surface area contributed by atoms with Gasteiger partial charge in [-0.05, 0) is 88.6 Å². The molecule has 2 atom stereocenters. The maximum absolute atomic E-state index is 11.5. The summed E-state index contributed by atoms with van der Waals surface area (Å²) < 4.78 is 0. The van der Waals surface area contributed by atoms with E-state index in [0.717, 1.165) is 66.6 Å². The molecule has 3 aliphatic rings. The second-order valence-electron chi connectivity index (χ2n) is 12.0. The van der Waals surface area contributed by atoms with Gasteiger partial charge in [-0.25, -0.2) is 4.98 Å². The van der Waals surface area contributed by atoms with E-state index >= 15 is 0 Å². The standard InChI is InChI=1S/C29H35Cl2N5O2S/c1-16-9-23-25(32-17(2)22-7-6-20(30)10-24(22)31)33-28(34-26(23)39-16)36-14-19(15-36)18-5-4-8-35(13-18)21-11-29(3,12-21)27(37)38/h6-7,9-10,17-19,21H,4-5,8,11-15H2,1-3H3,(H,37,38)(H,32,33,34)/t17-,18+,21-,29-/m1/s1. The van der Waals surface area contributed by atoms with E-state index in [0.29, 0.717) is 27.9 Å². The first kappa shape index (κ1) is 27.1. The van der Waals surface area contributed by atoms with Crippen molar-refractivity contribution in [2.75, 3.05) is 36.4 Å². The Labute approximate surface area is 243 Å². The lowest BCUT2D eigenvalue weighted by Gasteiger charge is -2.52. The highest BCUT2D eigenvalue weighted by Gasteiger charge is 2.49. The highest BCUT2D eigenvalue weighted by Crippen LogP contribution is 2.45. The van der Waals surface area contributed by atoms with Crippen molar-refractivity contribution >= 4 is 62.5 Å². The zero-order valence-corrected chi connectivity index (χ0v) is 24.9. The summed E-state index contributed by atoms with van der Waals surface area (Å²) in [5.41, 5.74) is 0.436. The van der Waals surface area contributed by atoms with Crippen LogP contribution < -0.4 is 10.2 Å². The number of thiophene rings is 1. The van der Waals surface area contributed by atoms with E-state index in [1.807, 2.05) is 19.1 Å². The van der Waals surface area contributed by atoms with Gasteiger partial charge in [-0.1, -0.05) is 29.3 Å². The van der Waals surface area contributed by atoms with Crippen molar-refractivity contribution in [3.05, 3.63) is 44.8 Å². The van der Waals surface area contributed by atoms with Gasteiger partial charge >= 0.3 is 5.97 Å². The smallest absolute Gasteiger partial charge is 0.309 e. The number of rotatable bonds is 7. The molecule has 2 aliphatic heterocycles. The highest BCUT2D eigenvalue weighted by molar-refractivity contribution is 7.18. The molecule has 1 saturated carbocycles. The van der Waals surface area contributed by atoms with Crippen molar-refractivity contribution in [2.24, 2.45) is 17.3 Å². The fraction of sp³-hybridized carbons (Fsp3) is 0.552. The quantitative estimate of drug-likeness (QED) is 0.311. The van der Waals surface area contributed by atoms with Crippen molar-refractivity contribution in [3.63, 3.8) is 0 Å². The molecule has 208 valence electrons. The van der Waals surface area contributed by atoms with Crippen LogP contribution in [0.1, 0.15) is 56.0 Å². The molecule has 4 heterocycles. The molecule has 7 nitrogen and oxygen atoms in total. The molecular weight excluding hydrogens is 553 g/mol. The van der Waals surface area contributed by atoms with Crippen LogP contribution in [-0.2, 0) is 4.79 Å². The Bertz CT molecular complexity index is 1400. The number of carbonyl (C=O) groups is 1. The number of nitrogens with one attached hydrogen (secondary N) is 1. The lowest BCUT2D eigenvalue weighted by Crippen LogP contribution is -2.58. The fourth-order valence-corrected chi connectivity index (χ4v) is 8.01. The summed E-state index contributed by atoms with van der Waals surface area (Å²) in [5, 5.41) is 15.4. The Morgan fingerprint density at radius 2 is 1.95 bits per heavy atom. The Kier molecular flexibility index (Phi) is 7.19. The minimum absolute atomic E-state index is 0.0484. The highest BCUT2D eigenvalue weighted by atomic mass is 35.5. The van der Waals surface area contributed by atoms with Crippen molar-refractivity contribution in [2.45, 2.75) is 58.5 Å². The van der Waals surface area contributed by atoms with Crippen LogP contribution in [0.15, 0.2) is 24.3 Å². The molecular formula is C29H35Cl2N5O2S. The maximum atomic E-state index is 11.5. The third kappa shape index (κ3) is 5.21. The molecule has 2 saturated heterocycles. The number of aromatic nitrogens is 2. The molecule has 3 fully saturated rings. The summed E-state index contributed by atoms with van der Waals surface area (Å²) in [5.74, 6) is 2.22. The molecule has 39 heavy (non-hydrogen) atoms. The van der Waals surface area contributed by atoms with Crippen molar-refractivity contribution in [1.29, 1.82) is 0 Å². The van der Waals surface area contributed by atoms with Gasteiger partial charge in [-0.3, -0.25) is 4.79 Å². The minimum atomic E-state index is -0.653. The molecule has 0 unspecified atom stereocenters. The van der Waals surface area contributed by atoms with Crippen molar-refractivity contribution in [3.8, 4) is 0 Å². The molecule has 0 amide bonds. The number of fused-ring (bicyclic) bond motifs is 1. The van der Waals surface area contributed by atoms with Gasteiger partial charge in [0.1, 0.15) is 10.6 Å². The van der Waals surface area contributed by atoms with Gasteiger partial charge in [0.05, 0.1) is 16.8 Å². The lowest BCUT2D eigenvalue weighted by atomic mass is 9.65. The third-order valence-electron chi connectivity index (χ3n) is 9.04. The Hall–Kier alpha value is -2.13. The van der Waals surface area contributed by atoms with Gasteiger partial charge in [0.15, 0.2) is 0 Å². The first-order chi connectivity index (χ1) is 18.6. The number of likely N-dealkylation sites (tertiary alicyclic amines) is 1. The van der Waals surface area contributed by atoms with E-state index in [-0.39, 0.29) is 6.04 Å². The summed E-state index contributed by atoms with van der Waals surface area (Å²) in [6, 6.07) is 8.11. The van der Waals surface area contributed by atoms with Crippen LogP contribution >= 0.6 is 34.5 Å². The lowest BCUT2D eigenvalue weighted by molar-refractivity contribution is -0.158. The van der Waals surface area contributed by atoms with E-state index in [4.69, 9.17) is 33.2 Å². The van der Waals surface area contributed by atoms with Crippen LogP contribution in [0.25, 0.3) is 10.2 Å². The summed E-state index contributed by atoms with van der Waals surface area (Å²) in [4.78, 5) is 28.6. The molecule has 2 aromatic heterocycles. The van der Waals surface area contributed by atoms with Gasteiger partial charge in [0.2, 0.25) is 5.95 Å². The Morgan fingerprint density at radius 1 is 1.18 bits per heavy atom. The zero-order valence-electron chi connectivity index (χ0n) is 22.6. The van der Waals surface area contributed by atoms with Gasteiger partial charge in [-0.15, -0.1) is 11.3 Å². The molecule has 3 aromatic rings. The first-order valence-electron chi connectivity index (χ1n) is 13.8. The number of aryl methyl sites for hydroxylation is 1. The largest absolute Gasteiger partial charge is 0.481 e. The molecule has 6 rings (SSSR count). The maximum Gasteiger partial charge on any atom is 0.309 e. The monoisotopic (exact) mass is 587 g/mol. The predicted octanol–water partition coefficient (Wildman–Crippen LogP) is 6.88. The summed E-state index contributed by atoms with van der Waals surface area (Å²) >= 11 is 14.3. The van der Waals surface area contributed by atoms with E-state index < -0.39 is 11.4 Å². The molecule has 1 aliphatic carbocycles. The molecule has 0 bridgehead atoms. The van der Waals surface area contributed by atoms with Crippen LogP contribution in [-0.4, -0.2) is 58.2 Å². The fourth-order valence-electron chi connectivity index (χ4n) is 6.56. The van der Waals surface area contributed by atoms with Gasteiger partial charge in [0, 0.05) is 40.6 Å². The Balaban J connectivity index is 1.13. The van der Waals surface area contributed by atoms with E-state index in [1.165, 1.54) is 17.7 Å². The zero-order chi connectivity index (χ0) is 27.5. The molecule has 2 N–H and O–H groups in total. The summed E-state index contributed by atoms with van der Waals surface area (Å²) in [6.45, 7) is 10.2. The number of benzene rings is 1. The number of carboxylic acid groups (broad SMARTS) is 1. The van der Waals surface area contributed by atoms with E-state index in [1.54, 1.807) is 17.4 Å². The normalized spacial score (nSPS) is 26.7. The summed E-state index contributed by atoms with van der Waals surface area (Å²) in [7, 11) is 0. The number of hydrogen-bond acceptors (Lipinski definition) is 7. The number of carboxylic acids is 1. The average molecular weight is 589 g/mol. The van der Waals surface area contributed by atoms with Crippen LogP contribution in [0.3, 0.4) is 0 Å². The Morgan fingerprint density at radius 3 is 2.67 bits per heavy atom. The van der Waals surface area contributed by atoms with Gasteiger partial charge in [0.25, 0.3) is 0 Å². The van der Waals surface area contributed by atoms with E-state index in [9.17, 15) is 9.90 Å². The molecule has 10 heteroatoms. The second-order valence-corrected chi connectivity index (χ2v) is 14.0. The topological polar surface area (TPSA) is 81.6 Å². The van der Waals surface area contributed by atoms with Crippen molar-refractivity contribution < 1.29 is 9.90 Å². The van der Waals surface area contributed by atoms with Crippen LogP contribution in [0.4, 0.5) is 11.8 Å². The van der Waals surface area contributed by atoms with Gasteiger partial charge < -0.3 is 20.2 Å². The molecule has 1 aromatic carbocycles. The predicted molar refractivity (Wildman–Crippen MR) is 159 cm³/mol. The van der Waals surface area contributed by atoms with E-state index in [2.05, 4.69) is 35.0 Å². The number of halogens is 2. The number of anilines is 2. The third-order valence-corrected chi connectivity index (χ3v) is 10.5. The van der Waals surface area contributed by atoms with Crippen LogP contribution in [0.2, 0.25) is 10.0 Å². The number of nitrogens with zero attached hydrogens (tertiary/aromatic N) is 4. The minimum Gasteiger partial charge on any atom is -0.481 e. The molecule has 0 spiro atoms. The first-order valence-corrected chi connectivity index (χ1v) is 15.4. The van der Waals surface area contributed by atoms with Crippen LogP contribution in [0, 0.1) is 24.2 Å². The SMILES string of the molecule is Cc1cc2c(N[C@H](C)c3ccc(Cl)cc3Cl)nc(N3CC([C@H]4CCCN([C@H]5C[C@](C)(C(=O)O)C5)C4)C3)nc2s1.